The van der Waals surface area contributed by atoms with Crippen molar-refractivity contribution in [3.63, 3.8) is 0 Å². The van der Waals surface area contributed by atoms with E-state index in [1.807, 2.05) is 30.3 Å². The second kappa shape index (κ2) is 12.0. The molecule has 3 heterocycles. The Bertz CT molecular complexity index is 1430. The van der Waals surface area contributed by atoms with Gasteiger partial charge in [0.25, 0.3) is 5.91 Å². The Kier molecular flexibility index (Phi) is 8.10. The minimum absolute atomic E-state index is 0.127. The van der Waals surface area contributed by atoms with Crippen LogP contribution in [0.2, 0.25) is 0 Å². The van der Waals surface area contributed by atoms with Gasteiger partial charge in [0.15, 0.2) is 0 Å². The van der Waals surface area contributed by atoms with Crippen LogP contribution in [0.1, 0.15) is 54.3 Å². The van der Waals surface area contributed by atoms with Crippen molar-refractivity contribution in [1.29, 1.82) is 0 Å². The van der Waals surface area contributed by atoms with Crippen LogP contribution in [0.4, 0.5) is 11.5 Å². The van der Waals surface area contributed by atoms with Crippen LogP contribution in [0.25, 0.3) is 10.9 Å². The number of nitrogens with one attached hydrogen (secondary N) is 1. The summed E-state index contributed by atoms with van der Waals surface area (Å²) in [5, 5.41) is 3.74. The Balaban J connectivity index is 1.52. The molecule has 5 rings (SSSR count). The zero-order chi connectivity index (χ0) is 27.2. The number of aromatic nitrogens is 1. The summed E-state index contributed by atoms with van der Waals surface area (Å²) in [6, 6.07) is 18.7. The molecule has 39 heavy (non-hydrogen) atoms. The first-order valence-corrected chi connectivity index (χ1v) is 13.4. The number of nitrogens with zero attached hydrogens (tertiary/aromatic N) is 3. The number of carbonyl (C=O) groups excluding carboxylic acids is 2. The minimum Gasteiger partial charge on any atom is -0.497 e. The number of rotatable bonds is 8. The summed E-state index contributed by atoms with van der Waals surface area (Å²) in [6.07, 6.45) is 6.28. The summed E-state index contributed by atoms with van der Waals surface area (Å²) in [6.45, 7) is 4.02. The van der Waals surface area contributed by atoms with Gasteiger partial charge in [0, 0.05) is 48.3 Å². The highest BCUT2D eigenvalue weighted by Gasteiger charge is 2.23. The molecule has 8 nitrogen and oxygen atoms in total. The van der Waals surface area contributed by atoms with Crippen LogP contribution < -0.4 is 15.0 Å². The monoisotopic (exact) mass is 526 g/mol. The number of fused-ring (bicyclic) bond motifs is 1. The Morgan fingerprint density at radius 2 is 1.77 bits per heavy atom. The lowest BCUT2D eigenvalue weighted by Gasteiger charge is -2.28. The summed E-state index contributed by atoms with van der Waals surface area (Å²) in [4.78, 5) is 34.5. The van der Waals surface area contributed by atoms with Gasteiger partial charge in [-0.2, -0.15) is 0 Å². The molecular formula is C31H34N4O4. The summed E-state index contributed by atoms with van der Waals surface area (Å²) < 4.78 is 11.1. The number of carbonyl (C=O) groups is 2. The first-order chi connectivity index (χ1) is 19.0. The van der Waals surface area contributed by atoms with Gasteiger partial charge in [-0.3, -0.25) is 9.59 Å². The molecule has 1 fully saturated rings. The third-order valence-corrected chi connectivity index (χ3v) is 7.01. The number of amides is 2. The first-order valence-electron chi connectivity index (χ1n) is 13.4. The predicted molar refractivity (Wildman–Crippen MR) is 152 cm³/mol. The van der Waals surface area contributed by atoms with Gasteiger partial charge in [0.1, 0.15) is 17.3 Å². The van der Waals surface area contributed by atoms with Crippen LogP contribution in [0.3, 0.4) is 0 Å². The molecule has 4 aromatic rings. The van der Waals surface area contributed by atoms with Crippen LogP contribution in [-0.4, -0.2) is 41.9 Å². The van der Waals surface area contributed by atoms with Crippen molar-refractivity contribution in [1.82, 2.24) is 9.88 Å². The molecule has 0 bridgehead atoms. The van der Waals surface area contributed by atoms with E-state index in [-0.39, 0.29) is 11.8 Å². The Morgan fingerprint density at radius 1 is 1.00 bits per heavy atom. The molecule has 2 amide bonds. The third kappa shape index (κ3) is 6.39. The molecule has 0 unspecified atom stereocenters. The van der Waals surface area contributed by atoms with Crippen LogP contribution in [0, 0.1) is 0 Å². The lowest BCUT2D eigenvalue weighted by atomic mass is 10.1. The Morgan fingerprint density at radius 3 is 2.44 bits per heavy atom. The maximum absolute atomic E-state index is 13.8. The van der Waals surface area contributed by atoms with E-state index < -0.39 is 0 Å². The number of ether oxygens (including phenoxy) is 1. The molecule has 0 atom stereocenters. The van der Waals surface area contributed by atoms with Gasteiger partial charge in [-0.1, -0.05) is 12.8 Å². The highest BCUT2D eigenvalue weighted by Crippen LogP contribution is 2.30. The van der Waals surface area contributed by atoms with E-state index in [0.717, 1.165) is 54.0 Å². The lowest BCUT2D eigenvalue weighted by molar-refractivity contribution is -0.114. The number of hydrogen-bond acceptors (Lipinski definition) is 6. The topological polar surface area (TPSA) is 87.9 Å². The molecule has 1 aliphatic heterocycles. The van der Waals surface area contributed by atoms with Crippen molar-refractivity contribution >= 4 is 34.2 Å². The van der Waals surface area contributed by atoms with Gasteiger partial charge in [0.05, 0.1) is 32.0 Å². The standard InChI is InChI=1S/C31H34N4O4/c1-22(36)32-26-12-9-23(10-13-26)31(37)35(21-28-8-7-17-39-28)20-25-18-24-11-14-27(38-2)19-29(24)33-30(25)34-15-5-3-4-6-16-34/h7-14,17-19H,3-6,15-16,20-21H2,1-2H3,(H,32,36). The highest BCUT2D eigenvalue weighted by atomic mass is 16.5. The van der Waals surface area contributed by atoms with Gasteiger partial charge in [0.2, 0.25) is 5.91 Å². The van der Waals surface area contributed by atoms with Crippen LogP contribution in [0.5, 0.6) is 5.75 Å². The van der Waals surface area contributed by atoms with Crippen molar-refractivity contribution in [2.75, 3.05) is 30.4 Å². The molecule has 2 aromatic heterocycles. The zero-order valence-corrected chi connectivity index (χ0v) is 22.5. The highest BCUT2D eigenvalue weighted by molar-refractivity contribution is 5.95. The van der Waals surface area contributed by atoms with E-state index in [9.17, 15) is 9.59 Å². The van der Waals surface area contributed by atoms with Crippen molar-refractivity contribution in [2.45, 2.75) is 45.7 Å². The molecule has 0 aliphatic carbocycles. The molecule has 0 spiro atoms. The molecule has 1 saturated heterocycles. The summed E-state index contributed by atoms with van der Waals surface area (Å²) in [5.74, 6) is 2.10. The molecule has 202 valence electrons. The fraction of sp³-hybridized carbons (Fsp3) is 0.323. The normalized spacial score (nSPS) is 13.6. The van der Waals surface area contributed by atoms with Gasteiger partial charge < -0.3 is 24.3 Å². The second-order valence-corrected chi connectivity index (χ2v) is 9.93. The number of benzene rings is 2. The number of hydrogen-bond donors (Lipinski definition) is 1. The van der Waals surface area contributed by atoms with Crippen molar-refractivity contribution < 1.29 is 18.7 Å². The molecule has 0 radical (unpaired) electrons. The number of methoxy groups -OCH3 is 1. The SMILES string of the molecule is COc1ccc2cc(CN(Cc3ccco3)C(=O)c3ccc(NC(C)=O)cc3)c(N3CCCCCC3)nc2c1. The van der Waals surface area contributed by atoms with Crippen LogP contribution in [-0.2, 0) is 17.9 Å². The average Bonchev–Trinajstić information content (AvgIpc) is 3.31. The maximum Gasteiger partial charge on any atom is 0.254 e. The van der Waals surface area contributed by atoms with E-state index in [2.05, 4.69) is 16.3 Å². The van der Waals surface area contributed by atoms with Gasteiger partial charge >= 0.3 is 0 Å². The second-order valence-electron chi connectivity index (χ2n) is 9.93. The van der Waals surface area contributed by atoms with Crippen LogP contribution in [0.15, 0.2) is 71.3 Å². The molecule has 2 aromatic carbocycles. The van der Waals surface area contributed by atoms with Gasteiger partial charge in [-0.15, -0.1) is 0 Å². The minimum atomic E-state index is -0.156. The van der Waals surface area contributed by atoms with E-state index in [1.54, 1.807) is 42.5 Å². The van der Waals surface area contributed by atoms with E-state index in [1.165, 1.54) is 19.8 Å². The molecule has 8 heteroatoms. The summed E-state index contributed by atoms with van der Waals surface area (Å²) in [5.41, 5.74) is 3.04. The van der Waals surface area contributed by atoms with E-state index in [0.29, 0.717) is 30.1 Å². The maximum atomic E-state index is 13.8. The van der Waals surface area contributed by atoms with Crippen molar-refractivity contribution in [3.05, 3.63) is 83.8 Å². The quantitative estimate of drug-likeness (QED) is 0.302. The van der Waals surface area contributed by atoms with Crippen LogP contribution >= 0.6 is 0 Å². The first kappa shape index (κ1) is 26.3. The van der Waals surface area contributed by atoms with Crippen molar-refractivity contribution in [2.24, 2.45) is 0 Å². The van der Waals surface area contributed by atoms with Gasteiger partial charge in [-0.05, 0) is 67.4 Å². The molecule has 1 aliphatic rings. The third-order valence-electron chi connectivity index (χ3n) is 7.01. The average molecular weight is 527 g/mol. The largest absolute Gasteiger partial charge is 0.497 e. The predicted octanol–water partition coefficient (Wildman–Crippen LogP) is 6.02. The fourth-order valence-corrected chi connectivity index (χ4v) is 5.06. The lowest BCUT2D eigenvalue weighted by Crippen LogP contribution is -2.32. The van der Waals surface area contributed by atoms with E-state index >= 15 is 0 Å². The molecule has 0 saturated carbocycles. The van der Waals surface area contributed by atoms with Gasteiger partial charge in [-0.25, -0.2) is 4.98 Å². The number of furan rings is 1. The van der Waals surface area contributed by atoms with Crippen molar-refractivity contribution in [3.8, 4) is 5.75 Å². The smallest absolute Gasteiger partial charge is 0.254 e. The Labute approximate surface area is 228 Å². The summed E-state index contributed by atoms with van der Waals surface area (Å²) in [7, 11) is 1.66. The number of pyridine rings is 1. The Hall–Kier alpha value is -4.33. The van der Waals surface area contributed by atoms with E-state index in [4.69, 9.17) is 14.1 Å². The molecular weight excluding hydrogens is 492 g/mol. The fourth-order valence-electron chi connectivity index (χ4n) is 5.06. The summed E-state index contributed by atoms with van der Waals surface area (Å²) >= 11 is 0. The zero-order valence-electron chi connectivity index (χ0n) is 22.5. The number of anilines is 2. The molecule has 1 N–H and O–H groups in total.